The van der Waals surface area contributed by atoms with Gasteiger partial charge in [-0.15, -0.1) is 0 Å². The number of hydrogen-bond acceptors (Lipinski definition) is 4. The van der Waals surface area contributed by atoms with Crippen molar-refractivity contribution in [2.75, 3.05) is 0 Å². The molecular formula is C22H25FN2O5. The molecule has 0 aliphatic heterocycles. The van der Waals surface area contributed by atoms with Gasteiger partial charge < -0.3 is 20.5 Å². The molecule has 0 heterocycles. The molecule has 0 unspecified atom stereocenters. The monoisotopic (exact) mass is 416 g/mol. The van der Waals surface area contributed by atoms with Crippen LogP contribution < -0.4 is 10.6 Å². The van der Waals surface area contributed by atoms with Gasteiger partial charge >= 0.3 is 12.1 Å². The van der Waals surface area contributed by atoms with Crippen molar-refractivity contribution in [1.29, 1.82) is 0 Å². The molecule has 0 spiro atoms. The average molecular weight is 416 g/mol. The first-order valence-electron chi connectivity index (χ1n) is 9.51. The molecular weight excluding hydrogens is 391 g/mol. The zero-order valence-corrected chi connectivity index (χ0v) is 16.8. The number of carboxylic acids is 1. The summed E-state index contributed by atoms with van der Waals surface area (Å²) in [4.78, 5) is 36.3. The van der Waals surface area contributed by atoms with Crippen LogP contribution >= 0.6 is 0 Å². The second-order valence-corrected chi connectivity index (χ2v) is 7.16. The van der Waals surface area contributed by atoms with Gasteiger partial charge in [-0.3, -0.25) is 4.79 Å². The number of amides is 2. The van der Waals surface area contributed by atoms with Crippen LogP contribution in [0.25, 0.3) is 0 Å². The van der Waals surface area contributed by atoms with Gasteiger partial charge in [-0.05, 0) is 29.2 Å². The molecule has 2 atom stereocenters. The molecule has 0 aromatic heterocycles. The van der Waals surface area contributed by atoms with Crippen molar-refractivity contribution in [1.82, 2.24) is 10.6 Å². The van der Waals surface area contributed by atoms with E-state index < -0.39 is 35.9 Å². The van der Waals surface area contributed by atoms with Gasteiger partial charge in [0.15, 0.2) is 0 Å². The van der Waals surface area contributed by atoms with Crippen molar-refractivity contribution < 1.29 is 28.6 Å². The first kappa shape index (κ1) is 22.9. The number of carboxylic acid groups (broad SMARTS) is 1. The number of carbonyl (C=O) groups excluding carboxylic acids is 2. The van der Waals surface area contributed by atoms with E-state index in [0.717, 1.165) is 5.56 Å². The van der Waals surface area contributed by atoms with Gasteiger partial charge in [0.25, 0.3) is 0 Å². The third-order valence-corrected chi connectivity index (χ3v) is 4.40. The first-order valence-corrected chi connectivity index (χ1v) is 9.51. The molecule has 8 heteroatoms. The second-order valence-electron chi connectivity index (χ2n) is 7.16. The standard InChI is InChI=1S/C22H25FN2O5/c1-14(2)19(25-22(29)30-13-16-6-4-3-5-7-16)20(26)24-18(21(27)28)12-15-8-10-17(23)11-9-15/h3-11,14,18-19H,12-13H2,1-2H3,(H,24,26)(H,25,29)(H,27,28)/t18-,19+/m0/s1. The van der Waals surface area contributed by atoms with E-state index in [0.29, 0.717) is 5.56 Å². The smallest absolute Gasteiger partial charge is 0.408 e. The maximum absolute atomic E-state index is 13.0. The number of rotatable bonds is 9. The van der Waals surface area contributed by atoms with Gasteiger partial charge in [0, 0.05) is 6.42 Å². The Labute approximate surface area is 174 Å². The Morgan fingerprint density at radius 3 is 2.17 bits per heavy atom. The van der Waals surface area contributed by atoms with Crippen LogP contribution in [-0.4, -0.2) is 35.2 Å². The summed E-state index contributed by atoms with van der Waals surface area (Å²) >= 11 is 0. The maximum Gasteiger partial charge on any atom is 0.408 e. The van der Waals surface area contributed by atoms with Crippen molar-refractivity contribution in [3.05, 3.63) is 71.5 Å². The van der Waals surface area contributed by atoms with E-state index in [1.54, 1.807) is 26.0 Å². The van der Waals surface area contributed by atoms with E-state index in [4.69, 9.17) is 4.74 Å². The summed E-state index contributed by atoms with van der Waals surface area (Å²) in [6.07, 6.45) is -0.803. The molecule has 30 heavy (non-hydrogen) atoms. The van der Waals surface area contributed by atoms with Crippen LogP contribution in [0.2, 0.25) is 0 Å². The van der Waals surface area contributed by atoms with Crippen LogP contribution in [0.4, 0.5) is 9.18 Å². The summed E-state index contributed by atoms with van der Waals surface area (Å²) in [5.74, 6) is -2.62. The number of carbonyl (C=O) groups is 3. The maximum atomic E-state index is 13.0. The molecule has 0 aliphatic rings. The topological polar surface area (TPSA) is 105 Å². The summed E-state index contributed by atoms with van der Waals surface area (Å²) in [5, 5.41) is 14.4. The first-order chi connectivity index (χ1) is 14.3. The van der Waals surface area contributed by atoms with E-state index in [1.165, 1.54) is 24.3 Å². The lowest BCUT2D eigenvalue weighted by Crippen LogP contribution is -2.54. The van der Waals surface area contributed by atoms with Crippen LogP contribution in [0.3, 0.4) is 0 Å². The number of halogens is 1. The number of benzene rings is 2. The normalized spacial score (nSPS) is 12.7. The lowest BCUT2D eigenvalue weighted by atomic mass is 10.0. The molecule has 2 aromatic carbocycles. The Kier molecular flexibility index (Phi) is 8.34. The van der Waals surface area contributed by atoms with Crippen molar-refractivity contribution >= 4 is 18.0 Å². The summed E-state index contributed by atoms with van der Waals surface area (Å²) < 4.78 is 18.2. The zero-order chi connectivity index (χ0) is 22.1. The summed E-state index contributed by atoms with van der Waals surface area (Å²) in [7, 11) is 0. The van der Waals surface area contributed by atoms with Crippen LogP contribution in [0.5, 0.6) is 0 Å². The van der Waals surface area contributed by atoms with Gasteiger partial charge in [0.2, 0.25) is 5.91 Å². The van der Waals surface area contributed by atoms with Gasteiger partial charge in [0.05, 0.1) is 0 Å². The van der Waals surface area contributed by atoms with Crippen LogP contribution in [0.15, 0.2) is 54.6 Å². The molecule has 0 fully saturated rings. The summed E-state index contributed by atoms with van der Waals surface area (Å²) in [6.45, 7) is 3.48. The lowest BCUT2D eigenvalue weighted by Gasteiger charge is -2.24. The zero-order valence-electron chi connectivity index (χ0n) is 16.8. The SMILES string of the molecule is CC(C)[C@@H](NC(=O)OCc1ccccc1)C(=O)N[C@@H](Cc1ccc(F)cc1)C(=O)O. The molecule has 7 nitrogen and oxygen atoms in total. The predicted molar refractivity (Wildman–Crippen MR) is 108 cm³/mol. The van der Waals surface area contributed by atoms with Crippen LogP contribution in [0.1, 0.15) is 25.0 Å². The van der Waals surface area contributed by atoms with E-state index in [9.17, 15) is 23.9 Å². The molecule has 2 amide bonds. The Hall–Kier alpha value is -3.42. The highest BCUT2D eigenvalue weighted by Gasteiger charge is 2.29. The lowest BCUT2D eigenvalue weighted by molar-refractivity contribution is -0.142. The second kappa shape index (κ2) is 10.9. The van der Waals surface area contributed by atoms with Crippen LogP contribution in [-0.2, 0) is 27.4 Å². The summed E-state index contributed by atoms with van der Waals surface area (Å²) in [6, 6.07) is 12.2. The molecule has 0 bridgehead atoms. The van der Waals surface area contributed by atoms with Crippen molar-refractivity contribution in [3.63, 3.8) is 0 Å². The molecule has 0 saturated heterocycles. The molecule has 0 aliphatic carbocycles. The number of nitrogens with one attached hydrogen (secondary N) is 2. The van der Waals surface area contributed by atoms with Gasteiger partial charge in [-0.1, -0.05) is 56.3 Å². The Bertz CT molecular complexity index is 856. The van der Waals surface area contributed by atoms with E-state index in [1.807, 2.05) is 18.2 Å². The Morgan fingerprint density at radius 1 is 0.967 bits per heavy atom. The van der Waals surface area contributed by atoms with Crippen molar-refractivity contribution in [3.8, 4) is 0 Å². The molecule has 2 rings (SSSR count). The number of aliphatic carboxylic acids is 1. The number of alkyl carbamates (subject to hydrolysis) is 1. The quantitative estimate of drug-likeness (QED) is 0.583. The molecule has 0 radical (unpaired) electrons. The van der Waals surface area contributed by atoms with Crippen molar-refractivity contribution in [2.45, 2.75) is 39.0 Å². The third-order valence-electron chi connectivity index (χ3n) is 4.40. The fourth-order valence-corrected chi connectivity index (χ4v) is 2.74. The fourth-order valence-electron chi connectivity index (χ4n) is 2.74. The molecule has 3 N–H and O–H groups in total. The highest BCUT2D eigenvalue weighted by atomic mass is 19.1. The largest absolute Gasteiger partial charge is 0.480 e. The fraction of sp³-hybridized carbons (Fsp3) is 0.318. The van der Waals surface area contributed by atoms with Crippen LogP contribution in [0, 0.1) is 11.7 Å². The summed E-state index contributed by atoms with van der Waals surface area (Å²) in [5.41, 5.74) is 1.35. The van der Waals surface area contributed by atoms with E-state index >= 15 is 0 Å². The minimum Gasteiger partial charge on any atom is -0.480 e. The molecule has 160 valence electrons. The number of ether oxygens (including phenoxy) is 1. The Balaban J connectivity index is 1.97. The minimum absolute atomic E-state index is 0.0232. The van der Waals surface area contributed by atoms with Gasteiger partial charge in [-0.2, -0.15) is 0 Å². The predicted octanol–water partition coefficient (Wildman–Crippen LogP) is 2.89. The number of hydrogen-bond donors (Lipinski definition) is 3. The van der Waals surface area contributed by atoms with Crippen molar-refractivity contribution in [2.24, 2.45) is 5.92 Å². The average Bonchev–Trinajstić information content (AvgIpc) is 2.71. The Morgan fingerprint density at radius 2 is 1.60 bits per heavy atom. The molecule has 0 saturated carbocycles. The highest BCUT2D eigenvalue weighted by Crippen LogP contribution is 2.09. The van der Waals surface area contributed by atoms with Gasteiger partial charge in [-0.25, -0.2) is 14.0 Å². The minimum atomic E-state index is -1.23. The third kappa shape index (κ3) is 7.20. The van der Waals surface area contributed by atoms with E-state index in [2.05, 4.69) is 10.6 Å². The highest BCUT2D eigenvalue weighted by molar-refractivity contribution is 5.89. The van der Waals surface area contributed by atoms with Gasteiger partial charge in [0.1, 0.15) is 24.5 Å². The molecule has 2 aromatic rings. The van der Waals surface area contributed by atoms with E-state index in [-0.39, 0.29) is 18.9 Å².